The highest BCUT2D eigenvalue weighted by Gasteiger charge is 2.17. The van der Waals surface area contributed by atoms with Crippen molar-refractivity contribution in [1.29, 1.82) is 5.26 Å². The van der Waals surface area contributed by atoms with Gasteiger partial charge in [-0.3, -0.25) is 0 Å². The molecule has 0 heterocycles. The van der Waals surface area contributed by atoms with Crippen LogP contribution in [0.3, 0.4) is 0 Å². The summed E-state index contributed by atoms with van der Waals surface area (Å²) in [5.41, 5.74) is 6.27. The lowest BCUT2D eigenvalue weighted by Gasteiger charge is -2.12. The average Bonchev–Trinajstić information content (AvgIpc) is 2.47. The molecule has 0 aromatic heterocycles. The second-order valence-corrected chi connectivity index (χ2v) is 4.04. The molecule has 20 heavy (non-hydrogen) atoms. The Morgan fingerprint density at radius 1 is 1.30 bits per heavy atom. The summed E-state index contributed by atoms with van der Waals surface area (Å²) in [6.45, 7) is 0.249. The van der Waals surface area contributed by atoms with Crippen molar-refractivity contribution in [3.8, 4) is 17.6 Å². The lowest BCUT2D eigenvalue weighted by Crippen LogP contribution is -2.10. The highest BCUT2D eigenvalue weighted by molar-refractivity contribution is 5.97. The monoisotopic (exact) mass is 278 g/mol. The molecule has 0 spiro atoms. The van der Waals surface area contributed by atoms with Crippen LogP contribution in [0.25, 0.3) is 0 Å². The second-order valence-electron chi connectivity index (χ2n) is 4.04. The van der Waals surface area contributed by atoms with Crippen molar-refractivity contribution in [1.82, 2.24) is 0 Å². The maximum absolute atomic E-state index is 12.0. The van der Waals surface area contributed by atoms with Crippen LogP contribution in [0.2, 0.25) is 0 Å². The van der Waals surface area contributed by atoms with Crippen LogP contribution in [0.5, 0.6) is 11.5 Å². The number of nitrogens with two attached hydrogens (primary N) is 1. The van der Waals surface area contributed by atoms with E-state index < -0.39 is 5.97 Å². The molecule has 1 aromatic rings. The number of hydrogen-bond acceptors (Lipinski definition) is 6. The first kappa shape index (κ1) is 15.6. The molecule has 0 saturated carbocycles. The summed E-state index contributed by atoms with van der Waals surface area (Å²) in [7, 11) is 2.95. The number of methoxy groups -OCH3 is 2. The Labute approximate surface area is 118 Å². The standard InChI is InChI=1S/C14H18N2O4/c1-18-10-8-11(13(16)12(9-10)19-2)14(17)20-7-5-3-4-6-15/h8-9H,3-5,7,16H2,1-2H3. The van der Waals surface area contributed by atoms with Gasteiger partial charge < -0.3 is 19.9 Å². The molecule has 0 aliphatic rings. The van der Waals surface area contributed by atoms with Crippen molar-refractivity contribution in [2.24, 2.45) is 0 Å². The molecule has 0 bridgehead atoms. The topological polar surface area (TPSA) is 94.6 Å². The molecule has 6 nitrogen and oxygen atoms in total. The van der Waals surface area contributed by atoms with Gasteiger partial charge in [0.25, 0.3) is 0 Å². The summed E-state index contributed by atoms with van der Waals surface area (Å²) in [6.07, 6.45) is 1.79. The Morgan fingerprint density at radius 3 is 2.65 bits per heavy atom. The number of carbonyl (C=O) groups is 1. The van der Waals surface area contributed by atoms with Gasteiger partial charge in [-0.1, -0.05) is 0 Å². The number of nitrogen functional groups attached to an aromatic ring is 1. The van der Waals surface area contributed by atoms with Crippen molar-refractivity contribution in [3.63, 3.8) is 0 Å². The number of nitriles is 1. The minimum absolute atomic E-state index is 0.210. The van der Waals surface area contributed by atoms with E-state index in [9.17, 15) is 4.79 Å². The maximum Gasteiger partial charge on any atom is 0.340 e. The summed E-state index contributed by atoms with van der Waals surface area (Å²) in [5, 5.41) is 8.40. The van der Waals surface area contributed by atoms with Gasteiger partial charge >= 0.3 is 5.97 Å². The highest BCUT2D eigenvalue weighted by atomic mass is 16.5. The zero-order chi connectivity index (χ0) is 15.0. The molecule has 1 aromatic carbocycles. The molecule has 1 rings (SSSR count). The normalized spacial score (nSPS) is 9.65. The molecule has 0 fully saturated rings. The van der Waals surface area contributed by atoms with Gasteiger partial charge in [-0.25, -0.2) is 4.79 Å². The van der Waals surface area contributed by atoms with E-state index >= 15 is 0 Å². The lowest BCUT2D eigenvalue weighted by atomic mass is 10.1. The molecule has 0 radical (unpaired) electrons. The van der Waals surface area contributed by atoms with Gasteiger partial charge in [0.15, 0.2) is 0 Å². The number of esters is 1. The number of anilines is 1. The third-order valence-electron chi connectivity index (χ3n) is 2.71. The maximum atomic E-state index is 12.0. The number of carbonyl (C=O) groups excluding carboxylic acids is 1. The van der Waals surface area contributed by atoms with Crippen molar-refractivity contribution in [2.45, 2.75) is 19.3 Å². The number of unbranched alkanes of at least 4 members (excludes halogenated alkanes) is 2. The molecule has 0 amide bonds. The Hall–Kier alpha value is -2.42. The minimum Gasteiger partial charge on any atom is -0.497 e. The number of hydrogen-bond donors (Lipinski definition) is 1. The number of rotatable bonds is 7. The van der Waals surface area contributed by atoms with Crippen LogP contribution in [-0.2, 0) is 4.74 Å². The molecule has 108 valence electrons. The summed E-state index contributed by atoms with van der Waals surface area (Å²) in [5.74, 6) is 0.296. The van der Waals surface area contributed by atoms with Crippen LogP contribution in [-0.4, -0.2) is 26.8 Å². The summed E-state index contributed by atoms with van der Waals surface area (Å²) >= 11 is 0. The first-order chi connectivity index (χ1) is 9.63. The van der Waals surface area contributed by atoms with E-state index in [1.807, 2.05) is 6.07 Å². The Bertz CT molecular complexity index is 509. The Balaban J connectivity index is 2.74. The van der Waals surface area contributed by atoms with Crippen LogP contribution in [0.4, 0.5) is 5.69 Å². The van der Waals surface area contributed by atoms with Gasteiger partial charge in [-0.15, -0.1) is 0 Å². The summed E-state index contributed by atoms with van der Waals surface area (Å²) < 4.78 is 15.3. The van der Waals surface area contributed by atoms with E-state index in [4.69, 9.17) is 25.2 Å². The molecule has 0 saturated heterocycles. The van der Waals surface area contributed by atoms with E-state index in [1.54, 1.807) is 6.07 Å². The lowest BCUT2D eigenvalue weighted by molar-refractivity contribution is 0.0499. The average molecular weight is 278 g/mol. The Morgan fingerprint density at radius 2 is 2.05 bits per heavy atom. The first-order valence-corrected chi connectivity index (χ1v) is 6.19. The first-order valence-electron chi connectivity index (χ1n) is 6.19. The van der Waals surface area contributed by atoms with Crippen molar-refractivity contribution in [3.05, 3.63) is 17.7 Å². The van der Waals surface area contributed by atoms with Crippen molar-refractivity contribution in [2.75, 3.05) is 26.6 Å². The molecule has 0 unspecified atom stereocenters. The minimum atomic E-state index is -0.531. The molecule has 2 N–H and O–H groups in total. The zero-order valence-corrected chi connectivity index (χ0v) is 11.6. The van der Waals surface area contributed by atoms with Gasteiger partial charge in [0.2, 0.25) is 0 Å². The largest absolute Gasteiger partial charge is 0.497 e. The van der Waals surface area contributed by atoms with Crippen molar-refractivity contribution >= 4 is 11.7 Å². The predicted octanol–water partition coefficient (Wildman–Crippen LogP) is 2.14. The van der Waals surface area contributed by atoms with E-state index in [0.29, 0.717) is 30.8 Å². The fourth-order valence-electron chi connectivity index (χ4n) is 1.61. The van der Waals surface area contributed by atoms with E-state index in [-0.39, 0.29) is 17.9 Å². The molecule has 0 atom stereocenters. The summed E-state index contributed by atoms with van der Waals surface area (Å²) in [6, 6.07) is 5.14. The highest BCUT2D eigenvalue weighted by Crippen LogP contribution is 2.31. The number of benzene rings is 1. The van der Waals surface area contributed by atoms with Crippen LogP contribution in [0, 0.1) is 11.3 Å². The SMILES string of the molecule is COc1cc(OC)c(N)c(C(=O)OCCCCC#N)c1. The molecular weight excluding hydrogens is 260 g/mol. The molecule has 0 aliphatic carbocycles. The number of ether oxygens (including phenoxy) is 3. The fraction of sp³-hybridized carbons (Fsp3) is 0.429. The zero-order valence-electron chi connectivity index (χ0n) is 11.6. The third-order valence-corrected chi connectivity index (χ3v) is 2.71. The van der Waals surface area contributed by atoms with Crippen LogP contribution in [0.1, 0.15) is 29.6 Å². The summed E-state index contributed by atoms with van der Waals surface area (Å²) in [4.78, 5) is 12.0. The van der Waals surface area contributed by atoms with Gasteiger partial charge in [0, 0.05) is 12.5 Å². The predicted molar refractivity (Wildman–Crippen MR) is 73.7 cm³/mol. The smallest absolute Gasteiger partial charge is 0.340 e. The van der Waals surface area contributed by atoms with E-state index in [0.717, 1.165) is 0 Å². The molecule has 6 heteroatoms. The quantitative estimate of drug-likeness (QED) is 0.466. The Kier molecular flexibility index (Phi) is 6.17. The van der Waals surface area contributed by atoms with Gasteiger partial charge in [-0.05, 0) is 18.9 Å². The van der Waals surface area contributed by atoms with E-state index in [2.05, 4.69) is 0 Å². The number of nitrogens with zero attached hydrogens (tertiary/aromatic N) is 1. The molecule has 0 aliphatic heterocycles. The van der Waals surface area contributed by atoms with Gasteiger partial charge in [0.05, 0.1) is 38.1 Å². The van der Waals surface area contributed by atoms with Gasteiger partial charge in [-0.2, -0.15) is 5.26 Å². The fourth-order valence-corrected chi connectivity index (χ4v) is 1.61. The second kappa shape index (κ2) is 7.89. The van der Waals surface area contributed by atoms with Gasteiger partial charge in [0.1, 0.15) is 11.5 Å². The van der Waals surface area contributed by atoms with Crippen LogP contribution < -0.4 is 15.2 Å². The third kappa shape index (κ3) is 4.05. The molecular formula is C14H18N2O4. The van der Waals surface area contributed by atoms with Crippen LogP contribution >= 0.6 is 0 Å². The van der Waals surface area contributed by atoms with Crippen LogP contribution in [0.15, 0.2) is 12.1 Å². The van der Waals surface area contributed by atoms with E-state index in [1.165, 1.54) is 20.3 Å². The van der Waals surface area contributed by atoms with Crippen molar-refractivity contribution < 1.29 is 19.0 Å².